The van der Waals surface area contributed by atoms with Gasteiger partial charge in [-0.25, -0.2) is 4.79 Å². The number of anilines is 1. The van der Waals surface area contributed by atoms with Gasteiger partial charge < -0.3 is 15.4 Å². The van der Waals surface area contributed by atoms with Crippen molar-refractivity contribution in [2.45, 2.75) is 52.0 Å². The number of amides is 4. The highest BCUT2D eigenvalue weighted by molar-refractivity contribution is 6.09. The maximum absolute atomic E-state index is 12.8. The molecule has 0 bridgehead atoms. The molecule has 2 rings (SSSR count). The Morgan fingerprint density at radius 1 is 1.10 bits per heavy atom. The van der Waals surface area contributed by atoms with Crippen LogP contribution in [0.5, 0.6) is 0 Å². The number of ketones is 1. The first-order chi connectivity index (χ1) is 14.2. The summed E-state index contributed by atoms with van der Waals surface area (Å²) < 4.78 is 4.91. The third-order valence-corrected chi connectivity index (χ3v) is 4.83. The molecule has 1 aromatic carbocycles. The van der Waals surface area contributed by atoms with Crippen molar-refractivity contribution < 1.29 is 28.7 Å². The fourth-order valence-corrected chi connectivity index (χ4v) is 3.54. The lowest BCUT2D eigenvalue weighted by Gasteiger charge is -2.25. The van der Waals surface area contributed by atoms with Gasteiger partial charge in [-0.05, 0) is 31.9 Å². The van der Waals surface area contributed by atoms with Gasteiger partial charge in [-0.3, -0.25) is 24.1 Å². The highest BCUT2D eigenvalue weighted by Crippen LogP contribution is 2.28. The quantitative estimate of drug-likeness (QED) is 0.342. The van der Waals surface area contributed by atoms with E-state index in [1.807, 2.05) is 13.8 Å². The average molecular weight is 417 g/mol. The maximum Gasteiger partial charge on any atom is 0.326 e. The smallest absolute Gasteiger partial charge is 0.326 e. The standard InChI is InChI=1S/C21H27N3O6/c1-4-10-21(11-5-2)19(28)24(20(29)23-21)12-18(27)30-13-17(26)22-16-9-7-6-8-15(16)14(3)25/h6-9H,4-5,10-13H2,1-3H3,(H,22,26)(H,23,29). The van der Waals surface area contributed by atoms with Crippen molar-refractivity contribution in [1.82, 2.24) is 10.2 Å². The monoisotopic (exact) mass is 417 g/mol. The molecule has 1 aliphatic rings. The van der Waals surface area contributed by atoms with E-state index in [2.05, 4.69) is 10.6 Å². The largest absolute Gasteiger partial charge is 0.454 e. The second-order valence-electron chi connectivity index (χ2n) is 7.21. The van der Waals surface area contributed by atoms with E-state index in [1.165, 1.54) is 6.92 Å². The van der Waals surface area contributed by atoms with Crippen molar-refractivity contribution in [1.29, 1.82) is 0 Å². The van der Waals surface area contributed by atoms with Crippen molar-refractivity contribution in [2.24, 2.45) is 0 Å². The Balaban J connectivity index is 1.93. The number of para-hydroxylation sites is 1. The maximum atomic E-state index is 12.8. The van der Waals surface area contributed by atoms with Crippen molar-refractivity contribution in [3.63, 3.8) is 0 Å². The van der Waals surface area contributed by atoms with Crippen LogP contribution in [0.2, 0.25) is 0 Å². The van der Waals surface area contributed by atoms with Crippen molar-refractivity contribution in [3.8, 4) is 0 Å². The van der Waals surface area contributed by atoms with Gasteiger partial charge in [-0.15, -0.1) is 0 Å². The normalized spacial score (nSPS) is 15.0. The summed E-state index contributed by atoms with van der Waals surface area (Å²) in [5.41, 5.74) is -0.349. The molecule has 0 spiro atoms. The molecule has 1 fully saturated rings. The Hall–Kier alpha value is -3.23. The van der Waals surface area contributed by atoms with Crippen molar-refractivity contribution >= 4 is 35.3 Å². The molecular formula is C21H27N3O6. The summed E-state index contributed by atoms with van der Waals surface area (Å²) in [5.74, 6) is -2.19. The second-order valence-corrected chi connectivity index (χ2v) is 7.21. The van der Waals surface area contributed by atoms with Gasteiger partial charge in [0.2, 0.25) is 0 Å². The van der Waals surface area contributed by atoms with E-state index in [0.717, 1.165) is 4.90 Å². The van der Waals surface area contributed by atoms with Crippen LogP contribution in [0.4, 0.5) is 10.5 Å². The number of urea groups is 1. The number of ether oxygens (including phenoxy) is 1. The Kier molecular flexibility index (Phi) is 7.68. The number of nitrogens with one attached hydrogen (secondary N) is 2. The van der Waals surface area contributed by atoms with Gasteiger partial charge in [0.1, 0.15) is 12.1 Å². The minimum atomic E-state index is -0.991. The van der Waals surface area contributed by atoms with Gasteiger partial charge in [-0.2, -0.15) is 0 Å². The van der Waals surface area contributed by atoms with Gasteiger partial charge in [0.05, 0.1) is 5.69 Å². The number of nitrogens with zero attached hydrogens (tertiary/aromatic N) is 1. The predicted octanol–water partition coefficient (Wildman–Crippen LogP) is 2.26. The lowest BCUT2D eigenvalue weighted by molar-refractivity contribution is -0.150. The summed E-state index contributed by atoms with van der Waals surface area (Å²) in [7, 11) is 0. The molecule has 30 heavy (non-hydrogen) atoms. The van der Waals surface area contributed by atoms with Gasteiger partial charge in [0.15, 0.2) is 12.4 Å². The van der Waals surface area contributed by atoms with Crippen LogP contribution in [0.25, 0.3) is 0 Å². The number of benzene rings is 1. The van der Waals surface area contributed by atoms with E-state index >= 15 is 0 Å². The van der Waals surface area contributed by atoms with Crippen LogP contribution in [-0.2, 0) is 19.1 Å². The molecule has 2 N–H and O–H groups in total. The molecule has 0 unspecified atom stereocenters. The van der Waals surface area contributed by atoms with Crippen LogP contribution in [0.3, 0.4) is 0 Å². The molecule has 4 amide bonds. The molecule has 0 radical (unpaired) electrons. The lowest BCUT2D eigenvalue weighted by Crippen LogP contribution is -2.47. The van der Waals surface area contributed by atoms with Crippen LogP contribution in [0, 0.1) is 0 Å². The van der Waals surface area contributed by atoms with Crippen molar-refractivity contribution in [3.05, 3.63) is 29.8 Å². The van der Waals surface area contributed by atoms with E-state index in [4.69, 9.17) is 4.74 Å². The summed E-state index contributed by atoms with van der Waals surface area (Å²) >= 11 is 0. The van der Waals surface area contributed by atoms with Gasteiger partial charge in [0, 0.05) is 5.56 Å². The van der Waals surface area contributed by atoms with E-state index < -0.39 is 42.5 Å². The molecule has 9 nitrogen and oxygen atoms in total. The van der Waals surface area contributed by atoms with Crippen LogP contribution in [-0.4, -0.2) is 53.2 Å². The summed E-state index contributed by atoms with van der Waals surface area (Å²) in [6, 6.07) is 5.82. The van der Waals surface area contributed by atoms with Gasteiger partial charge >= 0.3 is 12.0 Å². The molecule has 0 saturated carbocycles. The Bertz CT molecular complexity index is 845. The number of esters is 1. The number of carbonyl (C=O) groups excluding carboxylic acids is 5. The zero-order valence-electron chi connectivity index (χ0n) is 17.4. The van der Waals surface area contributed by atoms with E-state index in [9.17, 15) is 24.0 Å². The zero-order valence-corrected chi connectivity index (χ0v) is 17.4. The Morgan fingerprint density at radius 2 is 1.73 bits per heavy atom. The molecular weight excluding hydrogens is 390 g/mol. The highest BCUT2D eigenvalue weighted by atomic mass is 16.5. The fourth-order valence-electron chi connectivity index (χ4n) is 3.54. The molecule has 1 aromatic rings. The number of carbonyl (C=O) groups is 5. The van der Waals surface area contributed by atoms with Crippen molar-refractivity contribution in [2.75, 3.05) is 18.5 Å². The fraction of sp³-hybridized carbons (Fsp3) is 0.476. The number of rotatable bonds is 10. The average Bonchev–Trinajstić information content (AvgIpc) is 2.91. The van der Waals surface area contributed by atoms with Crippen LogP contribution < -0.4 is 10.6 Å². The first kappa shape index (κ1) is 23.1. The summed E-state index contributed by atoms with van der Waals surface area (Å²) in [6.45, 7) is 4.02. The third-order valence-electron chi connectivity index (χ3n) is 4.83. The third kappa shape index (κ3) is 5.22. The number of Topliss-reactive ketones (excluding diaryl/α,β-unsaturated/α-hetero) is 1. The zero-order chi connectivity index (χ0) is 22.3. The first-order valence-corrected chi connectivity index (χ1v) is 9.93. The molecule has 0 aliphatic carbocycles. The number of imide groups is 1. The first-order valence-electron chi connectivity index (χ1n) is 9.93. The molecule has 162 valence electrons. The van der Waals surface area contributed by atoms with Crippen LogP contribution in [0.1, 0.15) is 56.8 Å². The van der Waals surface area contributed by atoms with Gasteiger partial charge in [0.25, 0.3) is 11.8 Å². The predicted molar refractivity (Wildman–Crippen MR) is 109 cm³/mol. The highest BCUT2D eigenvalue weighted by Gasteiger charge is 2.50. The second kappa shape index (κ2) is 10.00. The number of hydrogen-bond acceptors (Lipinski definition) is 6. The molecule has 1 saturated heterocycles. The van der Waals surface area contributed by atoms with Crippen LogP contribution >= 0.6 is 0 Å². The van der Waals surface area contributed by atoms with E-state index in [-0.39, 0.29) is 5.78 Å². The van der Waals surface area contributed by atoms with Crippen LogP contribution in [0.15, 0.2) is 24.3 Å². The molecule has 9 heteroatoms. The minimum Gasteiger partial charge on any atom is -0.454 e. The lowest BCUT2D eigenvalue weighted by atomic mass is 9.88. The van der Waals surface area contributed by atoms with Gasteiger partial charge in [-0.1, -0.05) is 38.8 Å². The molecule has 0 aromatic heterocycles. The summed E-state index contributed by atoms with van der Waals surface area (Å²) in [4.78, 5) is 61.6. The van der Waals surface area contributed by atoms with E-state index in [1.54, 1.807) is 24.3 Å². The Labute approximate surface area is 175 Å². The van der Waals surface area contributed by atoms with E-state index in [0.29, 0.717) is 36.9 Å². The summed E-state index contributed by atoms with van der Waals surface area (Å²) in [5, 5.41) is 5.22. The molecule has 1 aliphatic heterocycles. The SMILES string of the molecule is CCCC1(CCC)NC(=O)N(CC(=O)OCC(=O)Nc2ccccc2C(C)=O)C1=O. The molecule has 1 heterocycles. The Morgan fingerprint density at radius 3 is 2.33 bits per heavy atom. The number of hydrogen-bond donors (Lipinski definition) is 2. The topological polar surface area (TPSA) is 122 Å². The summed E-state index contributed by atoms with van der Waals surface area (Å²) in [6.07, 6.45) is 2.36. The molecule has 0 atom stereocenters. The minimum absolute atomic E-state index is 0.218.